The predicted octanol–water partition coefficient (Wildman–Crippen LogP) is 3.02. The van der Waals surface area contributed by atoms with Crippen molar-refractivity contribution in [3.05, 3.63) is 58.1 Å². The number of amides is 1. The van der Waals surface area contributed by atoms with Gasteiger partial charge in [0, 0.05) is 24.7 Å². The first kappa shape index (κ1) is 21.2. The highest BCUT2D eigenvalue weighted by Gasteiger charge is 2.22. The minimum absolute atomic E-state index is 0.134. The van der Waals surface area contributed by atoms with Crippen LogP contribution in [0.3, 0.4) is 0 Å². The number of hydrogen-bond acceptors (Lipinski definition) is 4. The molecule has 27 heavy (non-hydrogen) atoms. The molecular weight excluding hydrogens is 388 g/mol. The largest absolute Gasteiger partial charge is 0.492 e. The van der Waals surface area contributed by atoms with Gasteiger partial charge in [0.15, 0.2) is 0 Å². The molecule has 2 aromatic carbocycles. The van der Waals surface area contributed by atoms with E-state index < -0.39 is 10.0 Å². The van der Waals surface area contributed by atoms with Gasteiger partial charge in [0.05, 0.1) is 11.4 Å². The molecule has 0 bridgehead atoms. The Labute approximate surface area is 165 Å². The molecule has 0 aliphatic rings. The summed E-state index contributed by atoms with van der Waals surface area (Å²) in [5, 5.41) is 3.36. The quantitative estimate of drug-likeness (QED) is 0.712. The van der Waals surface area contributed by atoms with Gasteiger partial charge < -0.3 is 10.1 Å². The summed E-state index contributed by atoms with van der Waals surface area (Å²) in [6, 6.07) is 10.0. The molecule has 1 N–H and O–H groups in total. The zero-order chi connectivity index (χ0) is 20.2. The second kappa shape index (κ2) is 8.73. The average Bonchev–Trinajstić information content (AvgIpc) is 2.61. The molecule has 8 heteroatoms. The van der Waals surface area contributed by atoms with Crippen molar-refractivity contribution in [2.24, 2.45) is 0 Å². The number of sulfonamides is 1. The van der Waals surface area contributed by atoms with Crippen LogP contribution in [0, 0.1) is 13.8 Å². The van der Waals surface area contributed by atoms with Crippen molar-refractivity contribution in [1.82, 2.24) is 9.62 Å². The number of ether oxygens (including phenoxy) is 1. The van der Waals surface area contributed by atoms with Crippen molar-refractivity contribution in [3.63, 3.8) is 0 Å². The molecule has 0 fully saturated rings. The number of carbonyl (C=O) groups is 1. The molecule has 0 aliphatic carbocycles. The molecule has 0 atom stereocenters. The van der Waals surface area contributed by atoms with E-state index >= 15 is 0 Å². The van der Waals surface area contributed by atoms with Crippen LogP contribution in [0.15, 0.2) is 41.3 Å². The van der Waals surface area contributed by atoms with Gasteiger partial charge >= 0.3 is 0 Å². The molecule has 0 spiro atoms. The summed E-state index contributed by atoms with van der Waals surface area (Å²) in [5.41, 5.74) is 1.66. The van der Waals surface area contributed by atoms with Crippen LogP contribution in [0.5, 0.6) is 5.75 Å². The highest BCUT2D eigenvalue weighted by atomic mass is 35.5. The smallest absolute Gasteiger partial charge is 0.251 e. The molecular formula is C19H23ClN2O4S. The zero-order valence-corrected chi connectivity index (χ0v) is 17.3. The lowest BCUT2D eigenvalue weighted by atomic mass is 10.1. The van der Waals surface area contributed by atoms with Crippen molar-refractivity contribution < 1.29 is 17.9 Å². The fourth-order valence-corrected chi connectivity index (χ4v) is 3.73. The van der Waals surface area contributed by atoms with Gasteiger partial charge in [0.1, 0.15) is 12.4 Å². The second-order valence-corrected chi connectivity index (χ2v) is 8.82. The lowest BCUT2D eigenvalue weighted by Gasteiger charge is -2.16. The Morgan fingerprint density at radius 3 is 2.37 bits per heavy atom. The molecule has 2 rings (SSSR count). The van der Waals surface area contributed by atoms with E-state index in [4.69, 9.17) is 16.3 Å². The number of aryl methyl sites for hydroxylation is 1. The molecule has 0 saturated heterocycles. The molecule has 0 saturated carbocycles. The molecule has 0 heterocycles. The maximum absolute atomic E-state index is 12.5. The van der Waals surface area contributed by atoms with E-state index in [1.807, 2.05) is 0 Å². The summed E-state index contributed by atoms with van der Waals surface area (Å²) in [6.45, 7) is 4.07. The van der Waals surface area contributed by atoms with E-state index in [1.54, 1.807) is 44.2 Å². The van der Waals surface area contributed by atoms with Crippen molar-refractivity contribution in [2.45, 2.75) is 18.7 Å². The number of carbonyl (C=O) groups excluding carboxylic acids is 1. The maximum atomic E-state index is 12.5. The minimum Gasteiger partial charge on any atom is -0.492 e. The van der Waals surface area contributed by atoms with Crippen molar-refractivity contribution in [2.75, 3.05) is 27.2 Å². The van der Waals surface area contributed by atoms with Crippen LogP contribution in [0.25, 0.3) is 0 Å². The fraction of sp³-hybridized carbons (Fsp3) is 0.316. The van der Waals surface area contributed by atoms with E-state index in [0.29, 0.717) is 21.9 Å². The topological polar surface area (TPSA) is 75.7 Å². The highest BCUT2D eigenvalue weighted by Crippen LogP contribution is 2.23. The number of rotatable bonds is 7. The Bertz CT molecular complexity index is 925. The summed E-state index contributed by atoms with van der Waals surface area (Å²) in [6.07, 6.45) is 0. The summed E-state index contributed by atoms with van der Waals surface area (Å²) >= 11 is 5.81. The number of halogens is 1. The van der Waals surface area contributed by atoms with Crippen LogP contribution in [0.4, 0.5) is 0 Å². The van der Waals surface area contributed by atoms with Gasteiger partial charge in [-0.3, -0.25) is 4.79 Å². The number of nitrogens with one attached hydrogen (secondary N) is 1. The summed E-state index contributed by atoms with van der Waals surface area (Å²) in [5.74, 6) is 0.298. The van der Waals surface area contributed by atoms with E-state index in [1.165, 1.54) is 20.2 Å². The lowest BCUT2D eigenvalue weighted by molar-refractivity contribution is 0.0946. The van der Waals surface area contributed by atoms with Crippen molar-refractivity contribution in [3.8, 4) is 5.75 Å². The molecule has 146 valence electrons. The predicted molar refractivity (Wildman–Crippen MR) is 106 cm³/mol. The maximum Gasteiger partial charge on any atom is 0.251 e. The van der Waals surface area contributed by atoms with Crippen molar-refractivity contribution >= 4 is 27.5 Å². The van der Waals surface area contributed by atoms with E-state index in [0.717, 1.165) is 9.87 Å². The van der Waals surface area contributed by atoms with Gasteiger partial charge in [-0.25, -0.2) is 12.7 Å². The van der Waals surface area contributed by atoms with Crippen LogP contribution < -0.4 is 10.1 Å². The van der Waals surface area contributed by atoms with Gasteiger partial charge in [-0.1, -0.05) is 11.6 Å². The Morgan fingerprint density at radius 2 is 1.78 bits per heavy atom. The molecule has 6 nitrogen and oxygen atoms in total. The average molecular weight is 411 g/mol. The first-order valence-corrected chi connectivity index (χ1v) is 10.1. The first-order chi connectivity index (χ1) is 12.6. The van der Waals surface area contributed by atoms with Crippen LogP contribution in [-0.4, -0.2) is 45.9 Å². The van der Waals surface area contributed by atoms with Gasteiger partial charge in [-0.15, -0.1) is 0 Å². The highest BCUT2D eigenvalue weighted by molar-refractivity contribution is 7.89. The van der Waals surface area contributed by atoms with Crippen LogP contribution in [-0.2, 0) is 10.0 Å². The van der Waals surface area contributed by atoms with Crippen LogP contribution in [0.2, 0.25) is 5.02 Å². The van der Waals surface area contributed by atoms with Crippen LogP contribution >= 0.6 is 11.6 Å². The summed E-state index contributed by atoms with van der Waals surface area (Å²) in [4.78, 5) is 12.6. The molecule has 2 aromatic rings. The third-order valence-corrected chi connectivity index (χ3v) is 6.30. The summed E-state index contributed by atoms with van der Waals surface area (Å²) in [7, 11) is -0.706. The SMILES string of the molecule is Cc1cc(C(=O)NCCOc2ccc(Cl)cc2)cc(S(=O)(=O)N(C)C)c1C. The Morgan fingerprint density at radius 1 is 1.15 bits per heavy atom. The van der Waals surface area contributed by atoms with Crippen molar-refractivity contribution in [1.29, 1.82) is 0 Å². The Balaban J connectivity index is 2.06. The van der Waals surface area contributed by atoms with E-state index in [9.17, 15) is 13.2 Å². The number of nitrogens with zero attached hydrogens (tertiary/aromatic N) is 1. The fourth-order valence-electron chi connectivity index (χ4n) is 2.39. The molecule has 0 aromatic heterocycles. The summed E-state index contributed by atoms with van der Waals surface area (Å²) < 4.78 is 31.6. The van der Waals surface area contributed by atoms with E-state index in [2.05, 4.69) is 5.32 Å². The first-order valence-electron chi connectivity index (χ1n) is 8.33. The Kier molecular flexibility index (Phi) is 6.86. The number of hydrogen-bond donors (Lipinski definition) is 1. The zero-order valence-electron chi connectivity index (χ0n) is 15.7. The molecule has 0 aliphatic heterocycles. The standard InChI is InChI=1S/C19H23ClN2O4S/c1-13-11-15(12-18(14(13)2)27(24,25)22(3)4)19(23)21-9-10-26-17-7-5-16(20)6-8-17/h5-8,11-12H,9-10H2,1-4H3,(H,21,23). The Hall–Kier alpha value is -2.09. The third-order valence-electron chi connectivity index (χ3n) is 4.11. The number of benzene rings is 2. The van der Waals surface area contributed by atoms with Gasteiger partial charge in [0.25, 0.3) is 5.91 Å². The van der Waals surface area contributed by atoms with Crippen LogP contribution in [0.1, 0.15) is 21.5 Å². The minimum atomic E-state index is -3.63. The third kappa shape index (κ3) is 5.22. The molecule has 1 amide bonds. The second-order valence-electron chi connectivity index (χ2n) is 6.26. The van der Waals surface area contributed by atoms with Gasteiger partial charge in [-0.2, -0.15) is 0 Å². The lowest BCUT2D eigenvalue weighted by Crippen LogP contribution is -2.29. The molecule has 0 radical (unpaired) electrons. The normalized spacial score (nSPS) is 11.5. The van der Waals surface area contributed by atoms with E-state index in [-0.39, 0.29) is 24.0 Å². The monoisotopic (exact) mass is 410 g/mol. The molecule has 0 unspecified atom stereocenters. The van der Waals surface area contributed by atoms with Gasteiger partial charge in [0.2, 0.25) is 10.0 Å². The van der Waals surface area contributed by atoms with Gasteiger partial charge in [-0.05, 0) is 61.4 Å².